The summed E-state index contributed by atoms with van der Waals surface area (Å²) in [6.45, 7) is 3.85. The Bertz CT molecular complexity index is 1260. The molecule has 0 saturated carbocycles. The molecule has 0 aliphatic carbocycles. The number of hydrogen-bond donors (Lipinski definition) is 2. The van der Waals surface area contributed by atoms with Crippen molar-refractivity contribution in [2.45, 2.75) is 12.7 Å². The zero-order chi connectivity index (χ0) is 22.5. The molecule has 0 unspecified atom stereocenters. The number of hydrogen-bond acceptors (Lipinski definition) is 3. The summed E-state index contributed by atoms with van der Waals surface area (Å²) in [7, 11) is 0. The molecular formula is C23H18F3N3O2. The van der Waals surface area contributed by atoms with Crippen LogP contribution < -0.4 is 11.5 Å². The van der Waals surface area contributed by atoms with Gasteiger partial charge in [0.05, 0.1) is 12.1 Å². The summed E-state index contributed by atoms with van der Waals surface area (Å²) in [5, 5.41) is 1.60. The third-order valence-electron chi connectivity index (χ3n) is 5.42. The molecule has 0 atom stereocenters. The van der Waals surface area contributed by atoms with E-state index in [1.165, 1.54) is 17.0 Å². The molecule has 0 spiro atoms. The molecule has 1 heterocycles. The van der Waals surface area contributed by atoms with Crippen LogP contribution in [0.1, 0.15) is 21.5 Å². The first-order chi connectivity index (χ1) is 14.6. The summed E-state index contributed by atoms with van der Waals surface area (Å²) < 4.78 is 39.8. The number of amides is 2. The van der Waals surface area contributed by atoms with E-state index in [1.807, 2.05) is 0 Å². The van der Waals surface area contributed by atoms with Crippen LogP contribution in [0.15, 0.2) is 60.7 Å². The van der Waals surface area contributed by atoms with Crippen molar-refractivity contribution in [3.8, 4) is 11.1 Å². The minimum atomic E-state index is -4.56. The van der Waals surface area contributed by atoms with Gasteiger partial charge in [0.15, 0.2) is 0 Å². The zero-order valence-corrected chi connectivity index (χ0v) is 16.3. The van der Waals surface area contributed by atoms with Crippen LogP contribution in [0.5, 0.6) is 0 Å². The second-order valence-corrected chi connectivity index (χ2v) is 7.46. The Morgan fingerprint density at radius 3 is 2.39 bits per heavy atom. The van der Waals surface area contributed by atoms with Crippen LogP contribution in [-0.2, 0) is 17.5 Å². The average Bonchev–Trinajstić information content (AvgIpc) is 3.03. The van der Waals surface area contributed by atoms with Gasteiger partial charge in [-0.15, -0.1) is 0 Å². The first kappa shape index (κ1) is 20.5. The third-order valence-corrected chi connectivity index (χ3v) is 5.42. The molecule has 1 aliphatic heterocycles. The van der Waals surface area contributed by atoms with Gasteiger partial charge in [0.1, 0.15) is 0 Å². The number of fused-ring (bicyclic) bond motifs is 3. The van der Waals surface area contributed by atoms with Crippen LogP contribution in [-0.4, -0.2) is 23.3 Å². The summed E-state index contributed by atoms with van der Waals surface area (Å²) in [5.41, 5.74) is 11.8. The molecule has 1 aliphatic rings. The quantitative estimate of drug-likeness (QED) is 0.487. The fraction of sp³-hybridized carbons (Fsp3) is 0.130. The van der Waals surface area contributed by atoms with E-state index in [2.05, 4.69) is 6.58 Å². The summed E-state index contributed by atoms with van der Waals surface area (Å²) in [6, 6.07) is 12.6. The van der Waals surface area contributed by atoms with Gasteiger partial charge in [-0.2, -0.15) is 13.2 Å². The molecule has 0 aromatic heterocycles. The predicted octanol–water partition coefficient (Wildman–Crippen LogP) is 4.11. The highest BCUT2D eigenvalue weighted by molar-refractivity contribution is 6.05. The van der Waals surface area contributed by atoms with Gasteiger partial charge >= 0.3 is 6.18 Å². The molecule has 0 radical (unpaired) electrons. The highest BCUT2D eigenvalue weighted by Crippen LogP contribution is 2.38. The van der Waals surface area contributed by atoms with Crippen LogP contribution in [0.3, 0.4) is 0 Å². The molecule has 3 aromatic carbocycles. The van der Waals surface area contributed by atoms with E-state index >= 15 is 0 Å². The fourth-order valence-corrected chi connectivity index (χ4v) is 3.78. The van der Waals surface area contributed by atoms with E-state index in [4.69, 9.17) is 11.5 Å². The largest absolute Gasteiger partial charge is 0.418 e. The van der Waals surface area contributed by atoms with Gasteiger partial charge in [-0.25, -0.2) is 0 Å². The minimum Gasteiger partial charge on any atom is -0.398 e. The Labute approximate surface area is 175 Å². The minimum absolute atomic E-state index is 0.0108. The second-order valence-electron chi connectivity index (χ2n) is 7.46. The number of halogens is 3. The summed E-state index contributed by atoms with van der Waals surface area (Å²) in [4.78, 5) is 25.5. The number of carbonyl (C=O) groups is 2. The van der Waals surface area contributed by atoms with E-state index in [9.17, 15) is 22.8 Å². The average molecular weight is 425 g/mol. The number of nitrogen functional groups attached to an aromatic ring is 1. The van der Waals surface area contributed by atoms with E-state index < -0.39 is 17.6 Å². The fourth-order valence-electron chi connectivity index (χ4n) is 3.78. The van der Waals surface area contributed by atoms with E-state index in [-0.39, 0.29) is 30.3 Å². The highest BCUT2D eigenvalue weighted by atomic mass is 19.4. The van der Waals surface area contributed by atoms with Crippen LogP contribution in [0.2, 0.25) is 0 Å². The van der Waals surface area contributed by atoms with Gasteiger partial charge < -0.3 is 16.4 Å². The smallest absolute Gasteiger partial charge is 0.398 e. The van der Waals surface area contributed by atoms with Gasteiger partial charge in [0.25, 0.3) is 5.91 Å². The van der Waals surface area contributed by atoms with Crippen molar-refractivity contribution in [3.63, 3.8) is 0 Å². The monoisotopic (exact) mass is 425 g/mol. The van der Waals surface area contributed by atoms with Crippen molar-refractivity contribution in [2.75, 3.05) is 12.3 Å². The number of nitrogens with two attached hydrogens (primary N) is 2. The predicted molar refractivity (Wildman–Crippen MR) is 112 cm³/mol. The standard InChI is InChI=1S/C23H18F3N3O2/c1-12(21(28)30)10-29-11-18-16(22(29)31)6-4-13-2-3-14(8-17(13)18)15-5-7-20(27)19(9-15)23(24,25)26/h2-9H,1,10-11,27H2,(H2,28,30). The lowest BCUT2D eigenvalue weighted by atomic mass is 9.95. The van der Waals surface area contributed by atoms with Crippen molar-refractivity contribution in [1.82, 2.24) is 4.90 Å². The van der Waals surface area contributed by atoms with Crippen LogP contribution >= 0.6 is 0 Å². The number of primary amides is 1. The number of benzene rings is 3. The lowest BCUT2D eigenvalue weighted by molar-refractivity contribution is -0.136. The number of carbonyl (C=O) groups excluding carboxylic acids is 2. The molecule has 3 aromatic rings. The van der Waals surface area contributed by atoms with Crippen molar-refractivity contribution < 1.29 is 22.8 Å². The molecule has 158 valence electrons. The van der Waals surface area contributed by atoms with Crippen molar-refractivity contribution in [1.29, 1.82) is 0 Å². The Hall–Kier alpha value is -3.81. The molecule has 2 amide bonds. The lowest BCUT2D eigenvalue weighted by Gasteiger charge is -2.15. The number of rotatable bonds is 4. The van der Waals surface area contributed by atoms with Gasteiger partial charge in [0, 0.05) is 23.4 Å². The van der Waals surface area contributed by atoms with Crippen molar-refractivity contribution >= 4 is 28.3 Å². The van der Waals surface area contributed by atoms with E-state index in [1.54, 1.807) is 30.3 Å². The molecule has 0 saturated heterocycles. The molecule has 0 bridgehead atoms. The van der Waals surface area contributed by atoms with Gasteiger partial charge in [-0.1, -0.05) is 30.8 Å². The first-order valence-corrected chi connectivity index (χ1v) is 9.36. The molecule has 5 nitrogen and oxygen atoms in total. The molecule has 4 N–H and O–H groups in total. The SMILES string of the molecule is C=C(CN1Cc2c(ccc3ccc(-c4ccc(N)c(C(F)(F)F)c4)cc23)C1=O)C(N)=O. The Balaban J connectivity index is 1.78. The molecular weight excluding hydrogens is 407 g/mol. The molecule has 8 heteroatoms. The summed E-state index contributed by atoms with van der Waals surface area (Å²) >= 11 is 0. The number of anilines is 1. The van der Waals surface area contributed by atoms with E-state index in [0.29, 0.717) is 16.7 Å². The Morgan fingerprint density at radius 2 is 1.71 bits per heavy atom. The second kappa shape index (κ2) is 7.16. The van der Waals surface area contributed by atoms with E-state index in [0.717, 1.165) is 22.4 Å². The zero-order valence-electron chi connectivity index (χ0n) is 16.3. The van der Waals surface area contributed by atoms with Crippen LogP contribution in [0.25, 0.3) is 21.9 Å². The maximum atomic E-state index is 13.3. The van der Waals surface area contributed by atoms with Gasteiger partial charge in [-0.05, 0) is 51.7 Å². The molecule has 4 rings (SSSR count). The van der Waals surface area contributed by atoms with Crippen LogP contribution in [0, 0.1) is 0 Å². The van der Waals surface area contributed by atoms with Crippen molar-refractivity contribution in [3.05, 3.63) is 77.4 Å². The Kier molecular flexibility index (Phi) is 4.72. The number of nitrogens with zero attached hydrogens (tertiary/aromatic N) is 1. The van der Waals surface area contributed by atoms with Crippen LogP contribution in [0.4, 0.5) is 18.9 Å². The summed E-state index contributed by atoms with van der Waals surface area (Å²) in [6.07, 6.45) is -4.56. The maximum Gasteiger partial charge on any atom is 0.418 e. The topological polar surface area (TPSA) is 89.4 Å². The highest BCUT2D eigenvalue weighted by Gasteiger charge is 2.33. The first-order valence-electron chi connectivity index (χ1n) is 9.36. The molecule has 0 fully saturated rings. The summed E-state index contributed by atoms with van der Waals surface area (Å²) in [5.74, 6) is -0.934. The maximum absolute atomic E-state index is 13.3. The lowest BCUT2D eigenvalue weighted by Crippen LogP contribution is -2.30. The van der Waals surface area contributed by atoms with Gasteiger partial charge in [0.2, 0.25) is 5.91 Å². The van der Waals surface area contributed by atoms with Gasteiger partial charge in [-0.3, -0.25) is 9.59 Å². The van der Waals surface area contributed by atoms with Crippen molar-refractivity contribution in [2.24, 2.45) is 5.73 Å². The third kappa shape index (κ3) is 3.61. The normalized spacial score (nSPS) is 13.5. The molecule has 31 heavy (non-hydrogen) atoms. The number of alkyl halides is 3. The Morgan fingerprint density at radius 1 is 1.06 bits per heavy atom.